The van der Waals surface area contributed by atoms with Crippen molar-refractivity contribution in [2.24, 2.45) is 0 Å². The fourth-order valence-corrected chi connectivity index (χ4v) is 4.13. The first-order chi connectivity index (χ1) is 11.2. The number of likely N-dealkylation sites (tertiary alicyclic amines) is 2. The first-order valence-corrected chi connectivity index (χ1v) is 9.98. The van der Waals surface area contributed by atoms with Gasteiger partial charge in [-0.25, -0.2) is 0 Å². The van der Waals surface area contributed by atoms with Gasteiger partial charge in [0.2, 0.25) is 5.91 Å². The second-order valence-corrected chi connectivity index (χ2v) is 7.36. The van der Waals surface area contributed by atoms with Crippen LogP contribution in [0.1, 0.15) is 65.2 Å². The first kappa shape index (κ1) is 18.7. The molecule has 1 amide bonds. The lowest BCUT2D eigenvalue weighted by molar-refractivity contribution is -0.133. The summed E-state index contributed by atoms with van der Waals surface area (Å²) in [6, 6.07) is 0.681. The van der Waals surface area contributed by atoms with Crippen molar-refractivity contribution in [1.82, 2.24) is 14.7 Å². The average molecular weight is 324 g/mol. The van der Waals surface area contributed by atoms with Crippen LogP contribution in [0.2, 0.25) is 0 Å². The van der Waals surface area contributed by atoms with Crippen molar-refractivity contribution in [2.45, 2.75) is 71.3 Å². The van der Waals surface area contributed by atoms with Crippen LogP contribution in [0.15, 0.2) is 0 Å². The lowest BCUT2D eigenvalue weighted by Gasteiger charge is -2.39. The highest BCUT2D eigenvalue weighted by molar-refractivity contribution is 5.78. The van der Waals surface area contributed by atoms with Gasteiger partial charge in [0.15, 0.2) is 0 Å². The zero-order chi connectivity index (χ0) is 16.5. The van der Waals surface area contributed by atoms with E-state index in [0.29, 0.717) is 18.5 Å². The van der Waals surface area contributed by atoms with Gasteiger partial charge in [0.25, 0.3) is 0 Å². The molecule has 1 atom stereocenters. The summed E-state index contributed by atoms with van der Waals surface area (Å²) in [6.45, 7) is 11.5. The van der Waals surface area contributed by atoms with Gasteiger partial charge in [0.05, 0.1) is 6.54 Å². The maximum absolute atomic E-state index is 12.6. The number of amides is 1. The standard InChI is InChI=1S/C19H37N3O/c1-3-11-22(12-4-2)19(23)17-20-13-9-10-18(16-20)21-14-7-5-6-8-15-21/h18H,3-17H2,1-2H3/t18-/m1/s1. The molecule has 0 aliphatic carbocycles. The Morgan fingerprint density at radius 1 is 0.957 bits per heavy atom. The van der Waals surface area contributed by atoms with Crippen molar-refractivity contribution < 1.29 is 4.79 Å². The van der Waals surface area contributed by atoms with Crippen molar-refractivity contribution in [3.8, 4) is 0 Å². The summed E-state index contributed by atoms with van der Waals surface area (Å²) in [5.41, 5.74) is 0. The number of hydrogen-bond acceptors (Lipinski definition) is 3. The second kappa shape index (κ2) is 10.3. The van der Waals surface area contributed by atoms with Gasteiger partial charge in [-0.15, -0.1) is 0 Å². The molecule has 0 saturated carbocycles. The van der Waals surface area contributed by atoms with Gasteiger partial charge in [0.1, 0.15) is 0 Å². The van der Waals surface area contributed by atoms with E-state index >= 15 is 0 Å². The van der Waals surface area contributed by atoms with Crippen LogP contribution in [0.5, 0.6) is 0 Å². The van der Waals surface area contributed by atoms with Crippen LogP contribution in [-0.4, -0.2) is 72.5 Å². The van der Waals surface area contributed by atoms with Crippen LogP contribution in [0, 0.1) is 0 Å². The van der Waals surface area contributed by atoms with Crippen LogP contribution in [0.4, 0.5) is 0 Å². The van der Waals surface area contributed by atoms with E-state index in [-0.39, 0.29) is 0 Å². The van der Waals surface area contributed by atoms with E-state index in [1.807, 2.05) is 0 Å². The van der Waals surface area contributed by atoms with Gasteiger partial charge in [-0.1, -0.05) is 26.7 Å². The summed E-state index contributed by atoms with van der Waals surface area (Å²) in [6.07, 6.45) is 10.2. The molecular formula is C19H37N3O. The summed E-state index contributed by atoms with van der Waals surface area (Å²) in [7, 11) is 0. The van der Waals surface area contributed by atoms with E-state index in [4.69, 9.17) is 0 Å². The Bertz CT molecular complexity index is 334. The highest BCUT2D eigenvalue weighted by Crippen LogP contribution is 2.20. The SMILES string of the molecule is CCCN(CCC)C(=O)CN1CCC[C@@H](N2CCCCCC2)C1. The van der Waals surface area contributed by atoms with E-state index in [2.05, 4.69) is 28.5 Å². The van der Waals surface area contributed by atoms with Crippen LogP contribution >= 0.6 is 0 Å². The highest BCUT2D eigenvalue weighted by Gasteiger charge is 2.27. The van der Waals surface area contributed by atoms with Gasteiger partial charge in [-0.2, -0.15) is 0 Å². The molecule has 0 aromatic carbocycles. The minimum atomic E-state index is 0.338. The molecule has 4 heteroatoms. The topological polar surface area (TPSA) is 26.8 Å². The molecule has 0 radical (unpaired) electrons. The zero-order valence-corrected chi connectivity index (χ0v) is 15.4. The van der Waals surface area contributed by atoms with Gasteiger partial charge < -0.3 is 4.90 Å². The smallest absolute Gasteiger partial charge is 0.236 e. The van der Waals surface area contributed by atoms with Crippen molar-refractivity contribution in [2.75, 3.05) is 45.8 Å². The molecule has 0 N–H and O–H groups in total. The number of hydrogen-bond donors (Lipinski definition) is 0. The van der Waals surface area contributed by atoms with Gasteiger partial charge >= 0.3 is 0 Å². The lowest BCUT2D eigenvalue weighted by Crippen LogP contribution is -2.51. The van der Waals surface area contributed by atoms with Crippen LogP contribution in [0.25, 0.3) is 0 Å². The molecule has 2 fully saturated rings. The van der Waals surface area contributed by atoms with E-state index in [9.17, 15) is 4.79 Å². The number of nitrogens with zero attached hydrogens (tertiary/aromatic N) is 3. The fraction of sp³-hybridized carbons (Fsp3) is 0.947. The molecule has 0 aromatic rings. The largest absolute Gasteiger partial charge is 0.342 e. The molecule has 2 rings (SSSR count). The zero-order valence-electron chi connectivity index (χ0n) is 15.4. The van der Waals surface area contributed by atoms with Crippen molar-refractivity contribution in [3.63, 3.8) is 0 Å². The summed E-state index contributed by atoms with van der Waals surface area (Å²) in [5.74, 6) is 0.338. The van der Waals surface area contributed by atoms with E-state index in [0.717, 1.165) is 39.0 Å². The van der Waals surface area contributed by atoms with Crippen LogP contribution in [-0.2, 0) is 4.79 Å². The highest BCUT2D eigenvalue weighted by atomic mass is 16.2. The van der Waals surface area contributed by atoms with Crippen molar-refractivity contribution >= 4 is 5.91 Å². The number of rotatable bonds is 7. The predicted molar refractivity (Wildman–Crippen MR) is 96.7 cm³/mol. The number of carbonyl (C=O) groups excluding carboxylic acids is 1. The number of piperidine rings is 1. The Morgan fingerprint density at radius 2 is 1.61 bits per heavy atom. The molecule has 4 nitrogen and oxygen atoms in total. The molecule has 2 heterocycles. The number of carbonyl (C=O) groups is 1. The molecule has 2 aliphatic rings. The van der Waals surface area contributed by atoms with Gasteiger partial charge in [-0.05, 0) is 58.2 Å². The quantitative estimate of drug-likeness (QED) is 0.721. The predicted octanol–water partition coefficient (Wildman–Crippen LogP) is 2.98. The maximum atomic E-state index is 12.6. The van der Waals surface area contributed by atoms with Crippen molar-refractivity contribution in [3.05, 3.63) is 0 Å². The van der Waals surface area contributed by atoms with Crippen molar-refractivity contribution in [1.29, 1.82) is 0 Å². The monoisotopic (exact) mass is 323 g/mol. The first-order valence-electron chi connectivity index (χ1n) is 9.98. The minimum Gasteiger partial charge on any atom is -0.342 e. The average Bonchev–Trinajstić information content (AvgIpc) is 2.84. The molecule has 0 spiro atoms. The summed E-state index contributed by atoms with van der Waals surface area (Å²) in [4.78, 5) is 19.8. The molecule has 2 aliphatic heterocycles. The third kappa shape index (κ3) is 6.07. The Balaban J connectivity index is 1.83. The minimum absolute atomic E-state index is 0.338. The molecule has 0 bridgehead atoms. The Hall–Kier alpha value is -0.610. The molecule has 0 aromatic heterocycles. The Labute approximate surface area is 143 Å². The van der Waals surface area contributed by atoms with E-state index in [1.165, 1.54) is 51.6 Å². The summed E-state index contributed by atoms with van der Waals surface area (Å²) in [5, 5.41) is 0. The normalized spacial score (nSPS) is 24.3. The summed E-state index contributed by atoms with van der Waals surface area (Å²) < 4.78 is 0. The second-order valence-electron chi connectivity index (χ2n) is 7.36. The third-order valence-electron chi connectivity index (χ3n) is 5.34. The summed E-state index contributed by atoms with van der Waals surface area (Å²) >= 11 is 0. The van der Waals surface area contributed by atoms with Gasteiger partial charge in [-0.3, -0.25) is 14.6 Å². The third-order valence-corrected chi connectivity index (χ3v) is 5.34. The Kier molecular flexibility index (Phi) is 8.38. The fourth-order valence-electron chi connectivity index (χ4n) is 4.13. The molecule has 134 valence electrons. The van der Waals surface area contributed by atoms with Crippen LogP contribution < -0.4 is 0 Å². The Morgan fingerprint density at radius 3 is 2.22 bits per heavy atom. The maximum Gasteiger partial charge on any atom is 0.236 e. The molecule has 0 unspecified atom stereocenters. The van der Waals surface area contributed by atoms with E-state index < -0.39 is 0 Å². The molecule has 23 heavy (non-hydrogen) atoms. The van der Waals surface area contributed by atoms with Crippen LogP contribution in [0.3, 0.4) is 0 Å². The lowest BCUT2D eigenvalue weighted by atomic mass is 10.0. The molecular weight excluding hydrogens is 286 g/mol. The van der Waals surface area contributed by atoms with E-state index in [1.54, 1.807) is 0 Å². The molecule has 2 saturated heterocycles. The van der Waals surface area contributed by atoms with Gasteiger partial charge in [0, 0.05) is 25.7 Å².